The Morgan fingerprint density at radius 2 is 1.26 bits per heavy atom. The summed E-state index contributed by atoms with van der Waals surface area (Å²) in [6, 6.07) is 21.3. The van der Waals surface area contributed by atoms with Gasteiger partial charge in [0, 0.05) is 5.56 Å². The number of para-hydroxylation sites is 2. The first-order valence-corrected chi connectivity index (χ1v) is 10.2. The van der Waals surface area contributed by atoms with E-state index in [9.17, 15) is 13.2 Å². The summed E-state index contributed by atoms with van der Waals surface area (Å²) in [6.45, 7) is 1.46. The van der Waals surface area contributed by atoms with Gasteiger partial charge in [-0.15, -0.1) is 0 Å². The Morgan fingerprint density at radius 1 is 0.778 bits per heavy atom. The van der Waals surface area contributed by atoms with E-state index in [4.69, 9.17) is 0 Å². The number of carbonyl (C=O) groups is 1. The van der Waals surface area contributed by atoms with Crippen LogP contribution < -0.4 is 4.31 Å². The predicted molar refractivity (Wildman–Crippen MR) is 106 cm³/mol. The molecule has 0 saturated carbocycles. The van der Waals surface area contributed by atoms with E-state index in [0.29, 0.717) is 16.9 Å². The number of benzene rings is 3. The summed E-state index contributed by atoms with van der Waals surface area (Å²) in [5.74, 6) is -0.0931. The van der Waals surface area contributed by atoms with Crippen LogP contribution in [-0.4, -0.2) is 14.2 Å². The summed E-state index contributed by atoms with van der Waals surface area (Å²) in [4.78, 5) is 11.7. The monoisotopic (exact) mass is 377 g/mol. The molecule has 0 unspecified atom stereocenters. The molecular weight excluding hydrogens is 358 g/mol. The lowest BCUT2D eigenvalue weighted by atomic mass is 10.0. The zero-order valence-electron chi connectivity index (χ0n) is 14.9. The van der Waals surface area contributed by atoms with Crippen molar-refractivity contribution < 1.29 is 13.2 Å². The normalized spacial score (nSPS) is 13.4. The second kappa shape index (κ2) is 6.67. The molecule has 0 amide bonds. The molecule has 1 aliphatic rings. The SMILES string of the molecule is CC(=O)c1ccc(S(=O)(=O)N2c3ccccc3CCc3ccccc32)cc1. The molecule has 4 rings (SSSR count). The highest BCUT2D eigenvalue weighted by Crippen LogP contribution is 2.39. The molecule has 0 saturated heterocycles. The minimum atomic E-state index is -3.83. The minimum Gasteiger partial charge on any atom is -0.295 e. The van der Waals surface area contributed by atoms with Crippen molar-refractivity contribution in [2.45, 2.75) is 24.7 Å². The molecule has 5 heteroatoms. The molecule has 27 heavy (non-hydrogen) atoms. The number of ketones is 1. The van der Waals surface area contributed by atoms with Crippen LogP contribution >= 0.6 is 0 Å². The lowest BCUT2D eigenvalue weighted by molar-refractivity contribution is 0.101. The van der Waals surface area contributed by atoms with Crippen molar-refractivity contribution >= 4 is 27.2 Å². The third-order valence-electron chi connectivity index (χ3n) is 4.88. The van der Waals surface area contributed by atoms with E-state index in [2.05, 4.69) is 0 Å². The van der Waals surface area contributed by atoms with Crippen molar-refractivity contribution in [1.82, 2.24) is 0 Å². The van der Waals surface area contributed by atoms with Gasteiger partial charge in [-0.3, -0.25) is 4.79 Å². The zero-order chi connectivity index (χ0) is 19.0. The van der Waals surface area contributed by atoms with Gasteiger partial charge in [-0.05, 0) is 55.2 Å². The van der Waals surface area contributed by atoms with Crippen LogP contribution in [0.25, 0.3) is 0 Å². The Bertz CT molecular complexity index is 1070. The molecule has 0 spiro atoms. The fourth-order valence-electron chi connectivity index (χ4n) is 3.47. The molecule has 0 bridgehead atoms. The molecule has 0 fully saturated rings. The van der Waals surface area contributed by atoms with Crippen molar-refractivity contribution in [3.63, 3.8) is 0 Å². The number of sulfonamides is 1. The number of hydrogen-bond acceptors (Lipinski definition) is 3. The van der Waals surface area contributed by atoms with Gasteiger partial charge in [0.05, 0.1) is 16.3 Å². The van der Waals surface area contributed by atoms with Gasteiger partial charge < -0.3 is 0 Å². The summed E-state index contributed by atoms with van der Waals surface area (Å²) >= 11 is 0. The number of rotatable bonds is 3. The first-order valence-electron chi connectivity index (χ1n) is 8.80. The van der Waals surface area contributed by atoms with Crippen LogP contribution in [0.15, 0.2) is 77.7 Å². The fraction of sp³-hybridized carbons (Fsp3) is 0.136. The number of hydrogen-bond donors (Lipinski definition) is 0. The maximum absolute atomic E-state index is 13.6. The third-order valence-corrected chi connectivity index (χ3v) is 6.63. The Balaban J connectivity index is 1.92. The van der Waals surface area contributed by atoms with Gasteiger partial charge >= 0.3 is 0 Å². The minimum absolute atomic E-state index is 0.0931. The molecule has 4 nitrogen and oxygen atoms in total. The van der Waals surface area contributed by atoms with Crippen molar-refractivity contribution in [2.75, 3.05) is 4.31 Å². The van der Waals surface area contributed by atoms with Crippen LogP contribution in [0.4, 0.5) is 11.4 Å². The van der Waals surface area contributed by atoms with E-state index >= 15 is 0 Å². The van der Waals surface area contributed by atoms with Crippen LogP contribution in [-0.2, 0) is 22.9 Å². The molecule has 1 heterocycles. The molecule has 0 atom stereocenters. The predicted octanol–water partition coefficient (Wildman–Crippen LogP) is 4.51. The Morgan fingerprint density at radius 3 is 1.74 bits per heavy atom. The number of carbonyl (C=O) groups excluding carboxylic acids is 1. The third kappa shape index (κ3) is 3.04. The maximum atomic E-state index is 13.6. The van der Waals surface area contributed by atoms with E-state index in [0.717, 1.165) is 24.0 Å². The fourth-order valence-corrected chi connectivity index (χ4v) is 5.03. The van der Waals surface area contributed by atoms with E-state index in [-0.39, 0.29) is 10.7 Å². The van der Waals surface area contributed by atoms with Crippen molar-refractivity contribution in [1.29, 1.82) is 0 Å². The van der Waals surface area contributed by atoms with Gasteiger partial charge in [0.25, 0.3) is 10.0 Å². The first-order chi connectivity index (χ1) is 13.0. The largest absolute Gasteiger partial charge is 0.295 e. The van der Waals surface area contributed by atoms with Crippen molar-refractivity contribution in [3.05, 3.63) is 89.5 Å². The van der Waals surface area contributed by atoms with E-state index in [1.165, 1.54) is 23.4 Å². The highest BCUT2D eigenvalue weighted by atomic mass is 32.2. The highest BCUT2D eigenvalue weighted by Gasteiger charge is 2.31. The summed E-state index contributed by atoms with van der Waals surface area (Å²) in [6.07, 6.45) is 1.56. The van der Waals surface area contributed by atoms with Gasteiger partial charge in [0.1, 0.15) is 0 Å². The average molecular weight is 377 g/mol. The average Bonchev–Trinajstić information content (AvgIpc) is 2.85. The molecule has 3 aromatic carbocycles. The molecule has 0 N–H and O–H groups in total. The van der Waals surface area contributed by atoms with Crippen LogP contribution in [0.5, 0.6) is 0 Å². The molecule has 3 aromatic rings. The molecule has 0 aromatic heterocycles. The lowest BCUT2D eigenvalue weighted by Crippen LogP contribution is -2.27. The lowest BCUT2D eigenvalue weighted by Gasteiger charge is -2.26. The van der Waals surface area contributed by atoms with Gasteiger partial charge in [-0.2, -0.15) is 0 Å². The number of aryl methyl sites for hydroxylation is 2. The van der Waals surface area contributed by atoms with Gasteiger partial charge in [0.2, 0.25) is 0 Å². The number of fused-ring (bicyclic) bond motifs is 2. The number of nitrogens with zero attached hydrogens (tertiary/aromatic N) is 1. The van der Waals surface area contributed by atoms with E-state index in [1.54, 1.807) is 12.1 Å². The quantitative estimate of drug-likeness (QED) is 0.631. The Hall–Kier alpha value is -2.92. The first kappa shape index (κ1) is 17.5. The van der Waals surface area contributed by atoms with Crippen LogP contribution in [0.1, 0.15) is 28.4 Å². The Labute approximate surface area is 159 Å². The van der Waals surface area contributed by atoms with Gasteiger partial charge in [0.15, 0.2) is 5.78 Å². The van der Waals surface area contributed by atoms with E-state index in [1.807, 2.05) is 48.5 Å². The van der Waals surface area contributed by atoms with Crippen molar-refractivity contribution in [3.8, 4) is 0 Å². The van der Waals surface area contributed by atoms with Crippen LogP contribution in [0.3, 0.4) is 0 Å². The molecule has 0 aliphatic carbocycles. The van der Waals surface area contributed by atoms with E-state index < -0.39 is 10.0 Å². The standard InChI is InChI=1S/C22H19NO3S/c1-16(24)17-12-14-20(15-13-17)27(25,26)23-21-8-4-2-6-18(21)10-11-19-7-3-5-9-22(19)23/h2-9,12-15H,10-11H2,1H3. The molecule has 1 aliphatic heterocycles. The second-order valence-electron chi connectivity index (χ2n) is 6.61. The van der Waals surface area contributed by atoms with Crippen LogP contribution in [0.2, 0.25) is 0 Å². The zero-order valence-corrected chi connectivity index (χ0v) is 15.7. The van der Waals surface area contributed by atoms with Crippen LogP contribution in [0, 0.1) is 0 Å². The van der Waals surface area contributed by atoms with Gasteiger partial charge in [-0.1, -0.05) is 48.5 Å². The summed E-state index contributed by atoms with van der Waals surface area (Å²) in [5, 5.41) is 0. The van der Waals surface area contributed by atoms with Crippen molar-refractivity contribution in [2.24, 2.45) is 0 Å². The van der Waals surface area contributed by atoms with Gasteiger partial charge in [-0.25, -0.2) is 12.7 Å². The Kier molecular flexibility index (Phi) is 4.32. The highest BCUT2D eigenvalue weighted by molar-refractivity contribution is 7.93. The summed E-state index contributed by atoms with van der Waals surface area (Å²) in [5.41, 5.74) is 3.84. The topological polar surface area (TPSA) is 54.5 Å². The number of anilines is 2. The smallest absolute Gasteiger partial charge is 0.268 e. The maximum Gasteiger partial charge on any atom is 0.268 e. The second-order valence-corrected chi connectivity index (χ2v) is 8.39. The number of Topliss-reactive ketones (excluding diaryl/α,β-unsaturated/α-hetero) is 1. The molecule has 0 radical (unpaired) electrons. The summed E-state index contributed by atoms with van der Waals surface area (Å²) in [7, 11) is -3.83. The molecular formula is C22H19NO3S. The summed E-state index contributed by atoms with van der Waals surface area (Å²) < 4.78 is 28.6. The molecule has 136 valence electrons.